The fraction of sp³-hybridized carbons (Fsp3) is 0.500. The van der Waals surface area contributed by atoms with Crippen LogP contribution in [0.25, 0.3) is 11.0 Å². The molecule has 1 unspecified atom stereocenters. The molecular weight excluding hydrogens is 280 g/mol. The van der Waals surface area contributed by atoms with Gasteiger partial charge >= 0.3 is 0 Å². The number of nitrogens with zero attached hydrogens (tertiary/aromatic N) is 3. The zero-order valence-corrected chi connectivity index (χ0v) is 13.0. The first kappa shape index (κ1) is 14.6. The molecule has 0 spiro atoms. The van der Waals surface area contributed by atoms with Crippen molar-refractivity contribution in [2.45, 2.75) is 37.9 Å². The standard InChI is InChI=1S/C14H17B2N3OS/c1-19(11-3-2-7-16(15)8-6-11)14(21)10-4-5-12-13(9-10)18-20-17-12/h4-5,9,11H,2-3,6-8H2,1H3. The summed E-state index contributed by atoms with van der Waals surface area (Å²) >= 11 is 5.65. The second kappa shape index (κ2) is 6.18. The first-order valence-corrected chi connectivity index (χ1v) is 7.81. The van der Waals surface area contributed by atoms with E-state index in [1.54, 1.807) is 0 Å². The van der Waals surface area contributed by atoms with Crippen molar-refractivity contribution in [3.05, 3.63) is 23.8 Å². The highest BCUT2D eigenvalue weighted by Gasteiger charge is 2.23. The van der Waals surface area contributed by atoms with Gasteiger partial charge in [0.05, 0.1) is 6.60 Å². The molecule has 1 aromatic heterocycles. The van der Waals surface area contributed by atoms with E-state index in [4.69, 9.17) is 24.6 Å². The highest BCUT2D eigenvalue weighted by Crippen LogP contribution is 2.23. The van der Waals surface area contributed by atoms with Gasteiger partial charge in [-0.3, -0.25) is 0 Å². The van der Waals surface area contributed by atoms with Gasteiger partial charge in [-0.05, 0) is 41.4 Å². The Balaban J connectivity index is 1.76. The summed E-state index contributed by atoms with van der Waals surface area (Å²) in [6, 6.07) is 6.28. The normalized spacial score (nSPS) is 19.5. The molecule has 1 aliphatic rings. The third-order valence-electron chi connectivity index (χ3n) is 4.35. The van der Waals surface area contributed by atoms with E-state index in [9.17, 15) is 0 Å². The minimum atomic E-state index is 0.342. The van der Waals surface area contributed by atoms with Crippen LogP contribution < -0.4 is 0 Å². The van der Waals surface area contributed by atoms with Crippen LogP contribution in [0.4, 0.5) is 0 Å². The molecule has 0 bridgehead atoms. The summed E-state index contributed by atoms with van der Waals surface area (Å²) in [4.78, 5) is 3.06. The number of rotatable bonds is 2. The summed E-state index contributed by atoms with van der Waals surface area (Å²) in [5.74, 6) is 0. The number of aromatic nitrogens is 2. The molecule has 1 aromatic carbocycles. The van der Waals surface area contributed by atoms with E-state index in [0.717, 1.165) is 47.1 Å². The molecule has 21 heavy (non-hydrogen) atoms. The molecule has 2 radical (unpaired) electrons. The van der Waals surface area contributed by atoms with E-state index >= 15 is 0 Å². The topological polar surface area (TPSA) is 42.2 Å². The van der Waals surface area contributed by atoms with Gasteiger partial charge in [0.15, 0.2) is 0 Å². The fourth-order valence-corrected chi connectivity index (χ4v) is 3.26. The van der Waals surface area contributed by atoms with Crippen molar-refractivity contribution in [1.82, 2.24) is 15.2 Å². The highest BCUT2D eigenvalue weighted by molar-refractivity contribution is 7.80. The molecular formula is C14H17B2N3OS. The van der Waals surface area contributed by atoms with Gasteiger partial charge in [-0.15, -0.1) is 0 Å². The summed E-state index contributed by atoms with van der Waals surface area (Å²) in [7, 11) is 8.14. The van der Waals surface area contributed by atoms with Crippen LogP contribution >= 0.6 is 12.2 Å². The van der Waals surface area contributed by atoms with Crippen molar-refractivity contribution in [2.24, 2.45) is 0 Å². The van der Waals surface area contributed by atoms with Gasteiger partial charge in [0, 0.05) is 26.4 Å². The van der Waals surface area contributed by atoms with Crippen molar-refractivity contribution in [3.8, 4) is 0 Å². The molecule has 2 heterocycles. The lowest BCUT2D eigenvalue weighted by Crippen LogP contribution is -2.36. The van der Waals surface area contributed by atoms with Crippen LogP contribution in [0.1, 0.15) is 24.8 Å². The predicted octanol–water partition coefficient (Wildman–Crippen LogP) is 2.54. The molecule has 0 saturated carbocycles. The van der Waals surface area contributed by atoms with E-state index in [-0.39, 0.29) is 0 Å². The third kappa shape index (κ3) is 3.12. The van der Waals surface area contributed by atoms with E-state index in [2.05, 4.69) is 22.3 Å². The van der Waals surface area contributed by atoms with Gasteiger partial charge in [-0.25, -0.2) is 4.63 Å². The average molecular weight is 297 g/mol. The predicted molar refractivity (Wildman–Crippen MR) is 90.0 cm³/mol. The zero-order chi connectivity index (χ0) is 14.8. The molecule has 1 aliphatic heterocycles. The Morgan fingerprint density at radius 1 is 1.33 bits per heavy atom. The SMILES string of the molecule is [B]B1CCCC(N(C)C(=S)c2ccc3nonc3c2)CC1. The minimum absolute atomic E-state index is 0.342. The Morgan fingerprint density at radius 3 is 3.00 bits per heavy atom. The summed E-state index contributed by atoms with van der Waals surface area (Å²) < 4.78 is 4.73. The summed E-state index contributed by atoms with van der Waals surface area (Å²) in [6.45, 7) is 0.342. The van der Waals surface area contributed by atoms with Crippen LogP contribution in [0, 0.1) is 0 Å². The van der Waals surface area contributed by atoms with E-state index in [1.165, 1.54) is 6.42 Å². The molecule has 4 nitrogen and oxygen atoms in total. The van der Waals surface area contributed by atoms with Crippen LogP contribution in [-0.2, 0) is 0 Å². The number of thiocarbonyl (C=S) groups is 1. The Morgan fingerprint density at radius 2 is 2.14 bits per heavy atom. The maximum atomic E-state index is 6.06. The summed E-state index contributed by atoms with van der Waals surface area (Å²) in [5.41, 5.74) is 2.49. The molecule has 0 amide bonds. The number of fused-ring (bicyclic) bond motifs is 1. The van der Waals surface area contributed by atoms with Crippen molar-refractivity contribution in [2.75, 3.05) is 7.05 Å². The summed E-state index contributed by atoms with van der Waals surface area (Å²) in [5, 5.41) is 7.70. The van der Waals surface area contributed by atoms with Crippen molar-refractivity contribution < 1.29 is 4.63 Å². The maximum Gasteiger partial charge on any atom is 0.135 e. The van der Waals surface area contributed by atoms with Crippen LogP contribution in [0.5, 0.6) is 0 Å². The number of benzene rings is 1. The van der Waals surface area contributed by atoms with Gasteiger partial charge < -0.3 is 4.90 Å². The number of hydrogen-bond donors (Lipinski definition) is 0. The lowest BCUT2D eigenvalue weighted by atomic mass is 9.29. The monoisotopic (exact) mass is 297 g/mol. The highest BCUT2D eigenvalue weighted by atomic mass is 32.1. The lowest BCUT2D eigenvalue weighted by Gasteiger charge is -2.29. The quantitative estimate of drug-likeness (QED) is 0.629. The largest absolute Gasteiger partial charge is 0.362 e. The molecule has 1 atom stereocenters. The average Bonchev–Trinajstić information content (AvgIpc) is 2.86. The molecule has 0 aliphatic carbocycles. The molecule has 1 saturated heterocycles. The summed E-state index contributed by atoms with van der Waals surface area (Å²) in [6.07, 6.45) is 5.62. The Bertz CT molecular complexity index is 648. The second-order valence-electron chi connectivity index (χ2n) is 5.81. The van der Waals surface area contributed by atoms with Crippen molar-refractivity contribution in [1.29, 1.82) is 0 Å². The van der Waals surface area contributed by atoms with Crippen molar-refractivity contribution in [3.63, 3.8) is 0 Å². The molecule has 0 N–H and O–H groups in total. The molecule has 1 fully saturated rings. The minimum Gasteiger partial charge on any atom is -0.362 e. The van der Waals surface area contributed by atoms with Crippen molar-refractivity contribution >= 4 is 42.6 Å². The van der Waals surface area contributed by atoms with Crippen LogP contribution in [0.3, 0.4) is 0 Å². The third-order valence-corrected chi connectivity index (χ3v) is 4.88. The van der Waals surface area contributed by atoms with Gasteiger partial charge in [-0.2, -0.15) is 0 Å². The molecule has 7 heteroatoms. The van der Waals surface area contributed by atoms with Crippen LogP contribution in [-0.4, -0.2) is 47.6 Å². The second-order valence-corrected chi connectivity index (χ2v) is 6.19. The molecule has 2 aromatic rings. The Labute approximate surface area is 131 Å². The van der Waals surface area contributed by atoms with E-state index in [0.29, 0.717) is 12.6 Å². The smallest absolute Gasteiger partial charge is 0.135 e. The molecule has 106 valence electrons. The van der Waals surface area contributed by atoms with Gasteiger partial charge in [-0.1, -0.05) is 31.3 Å². The van der Waals surface area contributed by atoms with E-state index in [1.807, 2.05) is 18.2 Å². The van der Waals surface area contributed by atoms with Crippen LogP contribution in [0.15, 0.2) is 22.8 Å². The maximum absolute atomic E-state index is 6.06. The zero-order valence-electron chi connectivity index (χ0n) is 12.2. The Hall–Kier alpha value is -1.36. The van der Waals surface area contributed by atoms with Gasteiger partial charge in [0.1, 0.15) is 16.0 Å². The van der Waals surface area contributed by atoms with Crippen LogP contribution in [0.2, 0.25) is 12.6 Å². The Kier molecular flexibility index (Phi) is 4.29. The first-order chi connectivity index (χ1) is 10.1. The number of hydrogen-bond acceptors (Lipinski definition) is 4. The van der Waals surface area contributed by atoms with Gasteiger partial charge in [0.25, 0.3) is 0 Å². The molecule has 3 rings (SSSR count). The fourth-order valence-electron chi connectivity index (χ4n) is 2.98. The van der Waals surface area contributed by atoms with E-state index < -0.39 is 0 Å². The van der Waals surface area contributed by atoms with Gasteiger partial charge in [0.2, 0.25) is 0 Å². The first-order valence-electron chi connectivity index (χ1n) is 7.40. The lowest BCUT2D eigenvalue weighted by molar-refractivity contribution is 0.315.